The number of hydrogen-bond donors (Lipinski definition) is 1. The standard InChI is InChI=1S/C2H4N2O5.K/c5-1-2(3(6)7)4(8)9;/h2,5H,1H2;. The van der Waals surface area contributed by atoms with Crippen LogP contribution < -0.4 is 0 Å². The Morgan fingerprint density at radius 1 is 1.30 bits per heavy atom. The SMILES string of the molecule is O=[N+]([O-])C(CO)[N+](=O)[O-].[K]. The van der Waals surface area contributed by atoms with Crippen molar-refractivity contribution in [1.29, 1.82) is 0 Å². The molecular formula is C2H4KN2O5. The van der Waals surface area contributed by atoms with Crippen molar-refractivity contribution in [3.63, 3.8) is 0 Å². The van der Waals surface area contributed by atoms with Crippen LogP contribution in [0.4, 0.5) is 0 Å². The maximum absolute atomic E-state index is 9.58. The van der Waals surface area contributed by atoms with Gasteiger partial charge in [0.1, 0.15) is 0 Å². The molecule has 0 spiro atoms. The predicted octanol–water partition coefficient (Wildman–Crippen LogP) is -1.52. The van der Waals surface area contributed by atoms with Crippen LogP contribution >= 0.6 is 0 Å². The van der Waals surface area contributed by atoms with Crippen LogP contribution in [0, 0.1) is 20.2 Å². The molecular weight excluding hydrogens is 171 g/mol. The minimum absolute atomic E-state index is 0. The van der Waals surface area contributed by atoms with Crippen LogP contribution in [0.25, 0.3) is 0 Å². The molecule has 0 atom stereocenters. The van der Waals surface area contributed by atoms with Gasteiger partial charge in [-0.25, -0.2) is 0 Å². The first-order valence-electron chi connectivity index (χ1n) is 1.97. The van der Waals surface area contributed by atoms with Gasteiger partial charge in [0.2, 0.25) is 0 Å². The van der Waals surface area contributed by atoms with E-state index in [1.54, 1.807) is 0 Å². The predicted molar refractivity (Wildman–Crippen MR) is 30.6 cm³/mol. The van der Waals surface area contributed by atoms with Crippen LogP contribution in [-0.2, 0) is 0 Å². The molecule has 53 valence electrons. The Morgan fingerprint density at radius 3 is 1.60 bits per heavy atom. The number of hydrogen-bond acceptors (Lipinski definition) is 5. The molecule has 0 aliphatic rings. The van der Waals surface area contributed by atoms with Gasteiger partial charge in [0.25, 0.3) is 0 Å². The smallest absolute Gasteiger partial charge is 0.382 e. The van der Waals surface area contributed by atoms with Gasteiger partial charge in [0.15, 0.2) is 6.61 Å². The van der Waals surface area contributed by atoms with Crippen LogP contribution in [0.2, 0.25) is 0 Å². The van der Waals surface area contributed by atoms with Crippen molar-refractivity contribution >= 4 is 51.4 Å². The third kappa shape index (κ3) is 4.25. The Labute approximate surface area is 98.1 Å². The van der Waals surface area contributed by atoms with Gasteiger partial charge in [-0.05, 0) is 0 Å². The van der Waals surface area contributed by atoms with E-state index in [2.05, 4.69) is 0 Å². The molecule has 0 amide bonds. The van der Waals surface area contributed by atoms with Crippen LogP contribution in [-0.4, -0.2) is 79.1 Å². The minimum Gasteiger partial charge on any atom is -0.382 e. The Kier molecular flexibility index (Phi) is 7.98. The molecule has 10 heavy (non-hydrogen) atoms. The van der Waals surface area contributed by atoms with Crippen molar-refractivity contribution in [2.75, 3.05) is 6.61 Å². The van der Waals surface area contributed by atoms with E-state index in [0.29, 0.717) is 0 Å². The second-order valence-electron chi connectivity index (χ2n) is 1.23. The second kappa shape index (κ2) is 6.13. The Balaban J connectivity index is 0. The number of nitrogens with zero attached hydrogens (tertiary/aromatic N) is 2. The van der Waals surface area contributed by atoms with E-state index in [9.17, 15) is 20.2 Å². The summed E-state index contributed by atoms with van der Waals surface area (Å²) >= 11 is 0. The average Bonchev–Trinajstić information content (AvgIpc) is 1.64. The van der Waals surface area contributed by atoms with Crippen LogP contribution in [0.1, 0.15) is 0 Å². The summed E-state index contributed by atoms with van der Waals surface area (Å²) in [4.78, 5) is 16.8. The number of aliphatic hydroxyl groups is 1. The van der Waals surface area contributed by atoms with Crippen molar-refractivity contribution in [2.45, 2.75) is 6.17 Å². The summed E-state index contributed by atoms with van der Waals surface area (Å²) in [5.74, 6) is 0. The summed E-state index contributed by atoms with van der Waals surface area (Å²) in [6.07, 6.45) is -2.08. The molecule has 1 radical (unpaired) electrons. The quantitative estimate of drug-likeness (QED) is 0.242. The molecule has 0 heterocycles. The summed E-state index contributed by atoms with van der Waals surface area (Å²) in [6, 6.07) is 0. The van der Waals surface area contributed by atoms with Gasteiger partial charge in [0, 0.05) is 51.4 Å². The van der Waals surface area contributed by atoms with E-state index < -0.39 is 22.6 Å². The van der Waals surface area contributed by atoms with Crippen molar-refractivity contribution < 1.29 is 15.0 Å². The van der Waals surface area contributed by atoms with Gasteiger partial charge in [-0.3, -0.25) is 20.2 Å². The summed E-state index contributed by atoms with van der Waals surface area (Å²) in [7, 11) is 0. The molecule has 0 aliphatic heterocycles. The molecule has 8 heteroatoms. The van der Waals surface area contributed by atoms with Gasteiger partial charge in [-0.15, -0.1) is 0 Å². The zero-order valence-corrected chi connectivity index (χ0v) is 8.38. The summed E-state index contributed by atoms with van der Waals surface area (Å²) in [6.45, 7) is -1.07. The maximum Gasteiger partial charge on any atom is 0.472 e. The topological polar surface area (TPSA) is 107 Å². The number of rotatable bonds is 3. The van der Waals surface area contributed by atoms with Gasteiger partial charge in [0.05, 0.1) is 9.85 Å². The second-order valence-corrected chi connectivity index (χ2v) is 1.23. The molecule has 0 aromatic heterocycles. The molecule has 0 aromatic rings. The van der Waals surface area contributed by atoms with Gasteiger partial charge < -0.3 is 5.11 Å². The fourth-order valence-corrected chi connectivity index (χ4v) is 0.210. The fraction of sp³-hybridized carbons (Fsp3) is 1.00. The molecule has 0 rings (SSSR count). The van der Waals surface area contributed by atoms with E-state index in [1.165, 1.54) is 0 Å². The molecule has 0 aliphatic carbocycles. The molecule has 0 fully saturated rings. The van der Waals surface area contributed by atoms with E-state index in [-0.39, 0.29) is 51.4 Å². The number of nitro groups is 2. The van der Waals surface area contributed by atoms with Crippen molar-refractivity contribution in [3.8, 4) is 0 Å². The van der Waals surface area contributed by atoms with E-state index in [0.717, 1.165) is 0 Å². The minimum atomic E-state index is -2.08. The zero-order chi connectivity index (χ0) is 7.44. The molecule has 7 nitrogen and oxygen atoms in total. The van der Waals surface area contributed by atoms with Crippen LogP contribution in [0.15, 0.2) is 0 Å². The fourth-order valence-electron chi connectivity index (χ4n) is 0.210. The molecule has 0 bridgehead atoms. The normalized spacial score (nSPS) is 8.60. The Bertz CT molecular complexity index is 124. The van der Waals surface area contributed by atoms with E-state index >= 15 is 0 Å². The van der Waals surface area contributed by atoms with Gasteiger partial charge in [-0.2, -0.15) is 0 Å². The van der Waals surface area contributed by atoms with E-state index in [1.807, 2.05) is 0 Å². The first-order chi connectivity index (χ1) is 4.09. The first kappa shape index (κ1) is 13.0. The Hall–Kier alpha value is 0.396. The molecule has 0 unspecified atom stereocenters. The van der Waals surface area contributed by atoms with Gasteiger partial charge >= 0.3 is 6.17 Å². The molecule has 0 saturated heterocycles. The zero-order valence-electron chi connectivity index (χ0n) is 5.26. The third-order valence-electron chi connectivity index (χ3n) is 0.650. The van der Waals surface area contributed by atoms with E-state index in [4.69, 9.17) is 5.11 Å². The number of aliphatic hydroxyl groups excluding tert-OH is 1. The average molecular weight is 175 g/mol. The maximum atomic E-state index is 9.58. The monoisotopic (exact) mass is 175 g/mol. The summed E-state index contributed by atoms with van der Waals surface area (Å²) < 4.78 is 0. The van der Waals surface area contributed by atoms with Gasteiger partial charge in [-0.1, -0.05) is 0 Å². The molecule has 1 N–H and O–H groups in total. The van der Waals surface area contributed by atoms with Crippen molar-refractivity contribution in [1.82, 2.24) is 0 Å². The first-order valence-corrected chi connectivity index (χ1v) is 1.97. The molecule has 0 saturated carbocycles. The van der Waals surface area contributed by atoms with Crippen molar-refractivity contribution in [2.24, 2.45) is 0 Å². The third-order valence-corrected chi connectivity index (χ3v) is 0.650. The Morgan fingerprint density at radius 2 is 1.60 bits per heavy atom. The largest absolute Gasteiger partial charge is 0.472 e. The summed E-state index contributed by atoms with van der Waals surface area (Å²) in [5.41, 5.74) is 0. The molecule has 0 aromatic carbocycles. The van der Waals surface area contributed by atoms with Crippen LogP contribution in [0.5, 0.6) is 0 Å². The van der Waals surface area contributed by atoms with Crippen LogP contribution in [0.3, 0.4) is 0 Å². The summed E-state index contributed by atoms with van der Waals surface area (Å²) in [5, 5.41) is 27.1. The van der Waals surface area contributed by atoms with Crippen molar-refractivity contribution in [3.05, 3.63) is 20.2 Å².